The van der Waals surface area contributed by atoms with Gasteiger partial charge in [-0.2, -0.15) is 0 Å². The molecule has 0 aliphatic heterocycles. The average Bonchev–Trinajstić information content (AvgIpc) is 2.92. The Labute approximate surface area is 136 Å². The number of aryl methyl sites for hydroxylation is 1. The van der Waals surface area contributed by atoms with E-state index in [1.165, 1.54) is 11.3 Å². The molecule has 1 heterocycles. The molecule has 0 saturated carbocycles. The van der Waals surface area contributed by atoms with E-state index in [1.807, 2.05) is 18.2 Å². The zero-order chi connectivity index (χ0) is 15.1. The van der Waals surface area contributed by atoms with Crippen molar-refractivity contribution >= 4 is 45.6 Å². The zero-order valence-electron chi connectivity index (χ0n) is 11.0. The van der Waals surface area contributed by atoms with Gasteiger partial charge in [-0.1, -0.05) is 35.1 Å². The number of carbonyl (C=O) groups is 1. The molecule has 8 heteroatoms. The second kappa shape index (κ2) is 8.17. The topological polar surface area (TPSA) is 64.1 Å². The van der Waals surface area contributed by atoms with Gasteiger partial charge < -0.3 is 4.74 Å². The van der Waals surface area contributed by atoms with E-state index >= 15 is 0 Å². The lowest BCUT2D eigenvalue weighted by Gasteiger charge is -2.06. The molecule has 2 aromatic rings. The highest BCUT2D eigenvalue weighted by Crippen LogP contribution is 2.23. The van der Waals surface area contributed by atoms with Crippen molar-refractivity contribution in [2.45, 2.75) is 12.8 Å². The van der Waals surface area contributed by atoms with E-state index in [0.717, 1.165) is 17.8 Å². The molecule has 21 heavy (non-hydrogen) atoms. The monoisotopic (exact) mass is 345 g/mol. The number of aromatic nitrogens is 2. The van der Waals surface area contributed by atoms with Crippen LogP contribution >= 0.6 is 34.5 Å². The summed E-state index contributed by atoms with van der Waals surface area (Å²) in [6, 6.07) is 7.34. The Kier molecular flexibility index (Phi) is 6.22. The fourth-order valence-corrected chi connectivity index (χ4v) is 2.58. The van der Waals surface area contributed by atoms with Gasteiger partial charge in [0.25, 0.3) is 0 Å². The van der Waals surface area contributed by atoms with Crippen molar-refractivity contribution in [2.75, 3.05) is 17.8 Å². The molecule has 0 fully saturated rings. The molecular formula is C13H13Cl2N3O2S. The lowest BCUT2D eigenvalue weighted by Crippen LogP contribution is -2.12. The summed E-state index contributed by atoms with van der Waals surface area (Å²) in [7, 11) is 0. The minimum absolute atomic E-state index is 0.0966. The highest BCUT2D eigenvalue weighted by atomic mass is 35.5. The molecule has 0 saturated heterocycles. The standard InChI is InChI=1S/C13H13Cl2N3O2S/c14-8-11(19)16-13-18-17-12(21-13)6-3-7-20-10-5-2-1-4-9(10)15/h1-2,4-5H,3,6-8H2,(H,16,18,19). The van der Waals surface area contributed by atoms with Crippen LogP contribution in [0.3, 0.4) is 0 Å². The number of nitrogens with zero attached hydrogens (tertiary/aromatic N) is 2. The van der Waals surface area contributed by atoms with Crippen LogP contribution in [0.2, 0.25) is 5.02 Å². The van der Waals surface area contributed by atoms with Crippen LogP contribution < -0.4 is 10.1 Å². The normalized spacial score (nSPS) is 10.4. The van der Waals surface area contributed by atoms with Crippen molar-refractivity contribution in [2.24, 2.45) is 0 Å². The zero-order valence-corrected chi connectivity index (χ0v) is 13.3. The fraction of sp³-hybridized carbons (Fsp3) is 0.308. The maximum Gasteiger partial charge on any atom is 0.241 e. The maximum atomic E-state index is 11.1. The van der Waals surface area contributed by atoms with E-state index in [4.69, 9.17) is 27.9 Å². The summed E-state index contributed by atoms with van der Waals surface area (Å²) in [4.78, 5) is 11.1. The summed E-state index contributed by atoms with van der Waals surface area (Å²) in [5, 5.41) is 12.3. The summed E-state index contributed by atoms with van der Waals surface area (Å²) in [5.74, 6) is 0.286. The second-order valence-corrected chi connectivity index (χ2v) is 5.80. The first-order valence-corrected chi connectivity index (χ1v) is 7.97. The number of hydrogen-bond donors (Lipinski definition) is 1. The number of hydrogen-bond acceptors (Lipinski definition) is 5. The van der Waals surface area contributed by atoms with Gasteiger partial charge in [-0.15, -0.1) is 21.8 Å². The first-order chi connectivity index (χ1) is 10.2. The molecule has 0 bridgehead atoms. The van der Waals surface area contributed by atoms with Crippen LogP contribution in [0.1, 0.15) is 11.4 Å². The van der Waals surface area contributed by atoms with E-state index in [2.05, 4.69) is 15.5 Å². The van der Waals surface area contributed by atoms with Crippen molar-refractivity contribution in [1.29, 1.82) is 0 Å². The largest absolute Gasteiger partial charge is 0.492 e. The Morgan fingerprint density at radius 2 is 2.14 bits per heavy atom. The van der Waals surface area contributed by atoms with Gasteiger partial charge in [0.1, 0.15) is 16.6 Å². The number of anilines is 1. The third-order valence-electron chi connectivity index (χ3n) is 2.46. The van der Waals surface area contributed by atoms with Crippen LogP contribution in [-0.2, 0) is 11.2 Å². The van der Waals surface area contributed by atoms with Crippen LogP contribution in [0.25, 0.3) is 0 Å². The van der Waals surface area contributed by atoms with Crippen molar-refractivity contribution in [3.63, 3.8) is 0 Å². The second-order valence-electron chi connectivity index (χ2n) is 4.07. The van der Waals surface area contributed by atoms with Crippen LogP contribution in [0.15, 0.2) is 24.3 Å². The van der Waals surface area contributed by atoms with Gasteiger partial charge in [-0.3, -0.25) is 10.1 Å². The van der Waals surface area contributed by atoms with Gasteiger partial charge in [-0.05, 0) is 18.6 Å². The molecule has 2 rings (SSSR count). The van der Waals surface area contributed by atoms with Gasteiger partial charge >= 0.3 is 0 Å². The molecular weight excluding hydrogens is 333 g/mol. The molecule has 112 valence electrons. The maximum absolute atomic E-state index is 11.1. The molecule has 0 atom stereocenters. The predicted molar refractivity (Wildman–Crippen MR) is 84.5 cm³/mol. The summed E-state index contributed by atoms with van der Waals surface area (Å²) in [6.07, 6.45) is 1.50. The van der Waals surface area contributed by atoms with Crippen molar-refractivity contribution in [3.05, 3.63) is 34.3 Å². The van der Waals surface area contributed by atoms with Crippen molar-refractivity contribution < 1.29 is 9.53 Å². The number of para-hydroxylation sites is 1. The number of alkyl halides is 1. The third kappa shape index (κ3) is 5.15. The van der Waals surface area contributed by atoms with Crippen molar-refractivity contribution in [1.82, 2.24) is 10.2 Å². The Morgan fingerprint density at radius 1 is 1.33 bits per heavy atom. The Morgan fingerprint density at radius 3 is 2.90 bits per heavy atom. The Hall–Kier alpha value is -1.37. The lowest BCUT2D eigenvalue weighted by atomic mass is 10.3. The number of benzene rings is 1. The summed E-state index contributed by atoms with van der Waals surface area (Å²) in [6.45, 7) is 0.534. The Bertz CT molecular complexity index is 607. The van der Waals surface area contributed by atoms with Crippen LogP contribution in [0.4, 0.5) is 5.13 Å². The van der Waals surface area contributed by atoms with Crippen LogP contribution in [-0.4, -0.2) is 28.6 Å². The highest BCUT2D eigenvalue weighted by molar-refractivity contribution is 7.15. The molecule has 0 aliphatic rings. The average molecular weight is 346 g/mol. The Balaban J connectivity index is 1.74. The molecule has 0 radical (unpaired) electrons. The number of rotatable bonds is 7. The molecule has 1 aromatic heterocycles. The molecule has 1 N–H and O–H groups in total. The number of nitrogens with one attached hydrogen (secondary N) is 1. The first-order valence-electron chi connectivity index (χ1n) is 6.24. The van der Waals surface area contributed by atoms with E-state index in [0.29, 0.717) is 22.5 Å². The highest BCUT2D eigenvalue weighted by Gasteiger charge is 2.07. The molecule has 1 amide bonds. The van der Waals surface area contributed by atoms with Gasteiger partial charge in [0, 0.05) is 6.42 Å². The molecule has 0 unspecified atom stereocenters. The number of amides is 1. The molecule has 0 spiro atoms. The molecule has 0 aliphatic carbocycles. The first kappa shape index (κ1) is 16.0. The van der Waals surface area contributed by atoms with Gasteiger partial charge in [-0.25, -0.2) is 0 Å². The number of ether oxygens (including phenoxy) is 1. The van der Waals surface area contributed by atoms with Gasteiger partial charge in [0.2, 0.25) is 11.0 Å². The van der Waals surface area contributed by atoms with Crippen molar-refractivity contribution in [3.8, 4) is 5.75 Å². The summed E-state index contributed by atoms with van der Waals surface area (Å²) < 4.78 is 5.58. The number of carbonyl (C=O) groups excluding carboxylic acids is 1. The van der Waals surface area contributed by atoms with E-state index < -0.39 is 0 Å². The fourth-order valence-electron chi connectivity index (χ4n) is 1.53. The third-order valence-corrected chi connectivity index (χ3v) is 3.92. The quantitative estimate of drug-likeness (QED) is 0.617. The molecule has 1 aromatic carbocycles. The SMILES string of the molecule is O=C(CCl)Nc1nnc(CCCOc2ccccc2Cl)s1. The minimum Gasteiger partial charge on any atom is -0.492 e. The summed E-state index contributed by atoms with van der Waals surface area (Å²) >= 11 is 12.7. The van der Waals surface area contributed by atoms with E-state index in [-0.39, 0.29) is 11.8 Å². The van der Waals surface area contributed by atoms with Gasteiger partial charge in [0.15, 0.2) is 0 Å². The van der Waals surface area contributed by atoms with Crippen LogP contribution in [0.5, 0.6) is 5.75 Å². The predicted octanol–water partition coefficient (Wildman–Crippen LogP) is 3.38. The number of halogens is 2. The lowest BCUT2D eigenvalue weighted by molar-refractivity contribution is -0.113. The smallest absolute Gasteiger partial charge is 0.241 e. The van der Waals surface area contributed by atoms with E-state index in [1.54, 1.807) is 6.07 Å². The summed E-state index contributed by atoms with van der Waals surface area (Å²) in [5.41, 5.74) is 0. The van der Waals surface area contributed by atoms with Gasteiger partial charge in [0.05, 0.1) is 11.6 Å². The van der Waals surface area contributed by atoms with Crippen LogP contribution in [0, 0.1) is 0 Å². The molecule has 5 nitrogen and oxygen atoms in total. The van der Waals surface area contributed by atoms with E-state index in [9.17, 15) is 4.79 Å². The minimum atomic E-state index is -0.290.